The van der Waals surface area contributed by atoms with Gasteiger partial charge < -0.3 is 10.1 Å². The molecule has 2 heterocycles. The lowest BCUT2D eigenvalue weighted by atomic mass is 10.2. The van der Waals surface area contributed by atoms with E-state index in [0.29, 0.717) is 30.1 Å². The lowest BCUT2D eigenvalue weighted by Crippen LogP contribution is -2.26. The van der Waals surface area contributed by atoms with E-state index in [9.17, 15) is 4.79 Å². The molecule has 4 rings (SSSR count). The maximum absolute atomic E-state index is 12.4. The molecule has 0 spiro atoms. The minimum Gasteiger partial charge on any atom is -0.496 e. The fourth-order valence-electron chi connectivity index (χ4n) is 2.84. The van der Waals surface area contributed by atoms with Crippen LogP contribution >= 0.6 is 11.3 Å². The molecular formula is C20H18N4O2S. The van der Waals surface area contributed by atoms with Crippen molar-refractivity contribution in [2.45, 2.75) is 6.42 Å². The summed E-state index contributed by atoms with van der Waals surface area (Å²) in [4.78, 5) is 17.8. The molecule has 0 aliphatic carbocycles. The smallest absolute Gasteiger partial charge is 0.255 e. The molecule has 0 aliphatic heterocycles. The van der Waals surface area contributed by atoms with Crippen LogP contribution in [-0.4, -0.2) is 34.2 Å². The van der Waals surface area contributed by atoms with Gasteiger partial charge in [-0.15, -0.1) is 16.4 Å². The van der Waals surface area contributed by atoms with E-state index < -0.39 is 0 Å². The molecule has 0 unspecified atom stereocenters. The number of rotatable bonds is 6. The van der Waals surface area contributed by atoms with Gasteiger partial charge in [-0.1, -0.05) is 42.5 Å². The van der Waals surface area contributed by atoms with E-state index in [2.05, 4.69) is 15.4 Å². The number of thiazole rings is 1. The molecule has 0 saturated carbocycles. The van der Waals surface area contributed by atoms with E-state index in [1.807, 2.05) is 52.4 Å². The van der Waals surface area contributed by atoms with Crippen molar-refractivity contribution in [1.82, 2.24) is 19.9 Å². The third-order valence-corrected chi connectivity index (χ3v) is 5.07. The summed E-state index contributed by atoms with van der Waals surface area (Å²) in [6.07, 6.45) is 0.665. The Kier molecular flexibility index (Phi) is 4.84. The normalized spacial score (nSPS) is 10.9. The third-order valence-electron chi connectivity index (χ3n) is 4.20. The first-order valence-electron chi connectivity index (χ1n) is 8.56. The number of hydrogen-bond acceptors (Lipinski definition) is 5. The van der Waals surface area contributed by atoms with Crippen LogP contribution in [0, 0.1) is 0 Å². The summed E-state index contributed by atoms with van der Waals surface area (Å²) < 4.78 is 7.09. The molecule has 0 atom stereocenters. The lowest BCUT2D eigenvalue weighted by Gasteiger charge is -2.08. The van der Waals surface area contributed by atoms with Crippen molar-refractivity contribution >= 4 is 22.2 Å². The highest BCUT2D eigenvalue weighted by atomic mass is 32.1. The quantitative estimate of drug-likeness (QED) is 0.558. The van der Waals surface area contributed by atoms with Crippen LogP contribution in [0.5, 0.6) is 5.75 Å². The zero-order chi connectivity index (χ0) is 18.6. The highest BCUT2D eigenvalue weighted by Crippen LogP contribution is 2.21. The summed E-state index contributed by atoms with van der Waals surface area (Å²) in [5.74, 6) is 1.13. The van der Waals surface area contributed by atoms with E-state index in [0.717, 1.165) is 16.2 Å². The van der Waals surface area contributed by atoms with E-state index in [1.165, 1.54) is 0 Å². The maximum atomic E-state index is 12.4. The Labute approximate surface area is 160 Å². The van der Waals surface area contributed by atoms with E-state index in [4.69, 9.17) is 4.74 Å². The Balaban J connectivity index is 1.45. The highest BCUT2D eigenvalue weighted by Gasteiger charge is 2.13. The van der Waals surface area contributed by atoms with Gasteiger partial charge in [-0.25, -0.2) is 4.52 Å². The molecule has 0 saturated heterocycles. The number of hydrogen-bond donors (Lipinski definition) is 1. The van der Waals surface area contributed by atoms with Gasteiger partial charge in [-0.05, 0) is 12.1 Å². The topological polar surface area (TPSA) is 68.5 Å². The first-order chi connectivity index (χ1) is 13.3. The van der Waals surface area contributed by atoms with Crippen molar-refractivity contribution < 1.29 is 9.53 Å². The molecule has 2 aromatic carbocycles. The molecule has 27 heavy (non-hydrogen) atoms. The van der Waals surface area contributed by atoms with Crippen LogP contribution in [0.2, 0.25) is 0 Å². The molecule has 0 bridgehead atoms. The van der Waals surface area contributed by atoms with Gasteiger partial charge in [0, 0.05) is 23.9 Å². The molecule has 6 nitrogen and oxygen atoms in total. The van der Waals surface area contributed by atoms with Gasteiger partial charge in [0.25, 0.3) is 5.91 Å². The average molecular weight is 378 g/mol. The molecule has 1 amide bonds. The van der Waals surface area contributed by atoms with Crippen molar-refractivity contribution in [3.05, 3.63) is 71.2 Å². The number of amides is 1. The van der Waals surface area contributed by atoms with Crippen LogP contribution < -0.4 is 10.1 Å². The lowest BCUT2D eigenvalue weighted by molar-refractivity contribution is 0.0951. The number of methoxy groups -OCH3 is 1. The third kappa shape index (κ3) is 3.54. The number of carbonyl (C=O) groups is 1. The zero-order valence-corrected chi connectivity index (χ0v) is 15.6. The van der Waals surface area contributed by atoms with Crippen LogP contribution in [0.25, 0.3) is 16.3 Å². The van der Waals surface area contributed by atoms with Crippen LogP contribution in [0.1, 0.15) is 16.1 Å². The molecule has 0 fully saturated rings. The maximum Gasteiger partial charge on any atom is 0.255 e. The second kappa shape index (κ2) is 7.59. The number of ether oxygens (including phenoxy) is 1. The minimum atomic E-state index is -0.150. The summed E-state index contributed by atoms with van der Waals surface area (Å²) in [5, 5.41) is 9.58. The number of nitrogens with zero attached hydrogens (tertiary/aromatic N) is 3. The van der Waals surface area contributed by atoms with Crippen LogP contribution in [0.3, 0.4) is 0 Å². The molecule has 0 aliphatic rings. The van der Waals surface area contributed by atoms with E-state index >= 15 is 0 Å². The summed E-state index contributed by atoms with van der Waals surface area (Å²) >= 11 is 1.55. The monoisotopic (exact) mass is 378 g/mol. The Morgan fingerprint density at radius 1 is 1.15 bits per heavy atom. The number of para-hydroxylation sites is 1. The number of nitrogens with one attached hydrogen (secondary N) is 1. The Morgan fingerprint density at radius 2 is 1.93 bits per heavy atom. The standard InChI is InChI=1S/C20H18N4O2S/c1-26-17-10-6-5-9-16(17)19(25)21-12-11-15-13-27-20-22-18(23-24(15)20)14-7-3-2-4-8-14/h2-10,13H,11-12H2,1H3,(H,21,25). The van der Waals surface area contributed by atoms with Crippen molar-refractivity contribution in [1.29, 1.82) is 0 Å². The Hall–Kier alpha value is -3.19. The van der Waals surface area contributed by atoms with Gasteiger partial charge in [0.05, 0.1) is 18.4 Å². The molecular weight excluding hydrogens is 360 g/mol. The minimum absolute atomic E-state index is 0.150. The summed E-state index contributed by atoms with van der Waals surface area (Å²) in [6.45, 7) is 0.503. The van der Waals surface area contributed by atoms with Crippen LogP contribution in [0.4, 0.5) is 0 Å². The van der Waals surface area contributed by atoms with Crippen molar-refractivity contribution in [3.63, 3.8) is 0 Å². The second-order valence-corrected chi connectivity index (χ2v) is 6.77. The fraction of sp³-hybridized carbons (Fsp3) is 0.150. The van der Waals surface area contributed by atoms with Gasteiger partial charge in [-0.3, -0.25) is 4.79 Å². The molecule has 7 heteroatoms. The van der Waals surface area contributed by atoms with Crippen LogP contribution in [-0.2, 0) is 6.42 Å². The van der Waals surface area contributed by atoms with Gasteiger partial charge in [0.1, 0.15) is 5.75 Å². The zero-order valence-electron chi connectivity index (χ0n) is 14.8. The fourth-order valence-corrected chi connectivity index (χ4v) is 3.69. The average Bonchev–Trinajstić information content (AvgIpc) is 3.30. The SMILES string of the molecule is COc1ccccc1C(=O)NCCc1csc2nc(-c3ccccc3)nn12. The largest absolute Gasteiger partial charge is 0.496 e. The molecule has 4 aromatic rings. The van der Waals surface area contributed by atoms with E-state index in [-0.39, 0.29) is 5.91 Å². The van der Waals surface area contributed by atoms with Crippen LogP contribution in [0.15, 0.2) is 60.0 Å². The van der Waals surface area contributed by atoms with Crippen molar-refractivity contribution in [2.24, 2.45) is 0 Å². The van der Waals surface area contributed by atoms with Gasteiger partial charge in [0.2, 0.25) is 4.96 Å². The second-order valence-electron chi connectivity index (χ2n) is 5.93. The first kappa shape index (κ1) is 17.2. The number of carbonyl (C=O) groups excluding carboxylic acids is 1. The predicted molar refractivity (Wildman–Crippen MR) is 105 cm³/mol. The molecule has 0 radical (unpaired) electrons. The number of aromatic nitrogens is 3. The summed E-state index contributed by atoms with van der Waals surface area (Å²) in [6, 6.07) is 17.1. The van der Waals surface area contributed by atoms with Crippen molar-refractivity contribution in [2.75, 3.05) is 13.7 Å². The Morgan fingerprint density at radius 3 is 2.74 bits per heavy atom. The van der Waals surface area contributed by atoms with Gasteiger partial charge in [-0.2, -0.15) is 4.98 Å². The van der Waals surface area contributed by atoms with Gasteiger partial charge >= 0.3 is 0 Å². The number of fused-ring (bicyclic) bond motifs is 1. The molecule has 136 valence electrons. The van der Waals surface area contributed by atoms with Crippen molar-refractivity contribution in [3.8, 4) is 17.1 Å². The predicted octanol–water partition coefficient (Wildman–Crippen LogP) is 3.44. The molecule has 2 aromatic heterocycles. The molecule has 1 N–H and O–H groups in total. The summed E-state index contributed by atoms with van der Waals surface area (Å²) in [5.41, 5.74) is 2.54. The first-order valence-corrected chi connectivity index (χ1v) is 9.44. The summed E-state index contributed by atoms with van der Waals surface area (Å²) in [7, 11) is 1.56. The van der Waals surface area contributed by atoms with Gasteiger partial charge in [0.15, 0.2) is 5.82 Å². The Bertz CT molecular complexity index is 1070. The number of benzene rings is 2. The van der Waals surface area contributed by atoms with E-state index in [1.54, 1.807) is 30.6 Å². The highest BCUT2D eigenvalue weighted by molar-refractivity contribution is 7.15.